The molecule has 0 saturated carbocycles. The van der Waals surface area contributed by atoms with Crippen molar-refractivity contribution in [2.24, 2.45) is 0 Å². The van der Waals surface area contributed by atoms with Gasteiger partial charge in [-0.1, -0.05) is 121 Å². The van der Waals surface area contributed by atoms with E-state index in [-0.39, 0.29) is 0 Å². The van der Waals surface area contributed by atoms with Crippen molar-refractivity contribution in [1.82, 2.24) is 0 Å². The molecule has 0 unspecified atom stereocenters. The summed E-state index contributed by atoms with van der Waals surface area (Å²) in [5.41, 5.74) is 5.22. The fourth-order valence-corrected chi connectivity index (χ4v) is 9.87. The average molecular weight is 593 g/mol. The fourth-order valence-electron chi connectivity index (χ4n) is 7.36. The minimum Gasteiger partial charge on any atom is -0.135 e. The van der Waals surface area contributed by atoms with Crippen molar-refractivity contribution in [3.8, 4) is 22.3 Å². The molecule has 10 rings (SSSR count). The third-order valence-electron chi connectivity index (χ3n) is 9.23. The van der Waals surface area contributed by atoms with E-state index >= 15 is 0 Å². The van der Waals surface area contributed by atoms with Crippen LogP contribution in [0.3, 0.4) is 0 Å². The molecule has 2 heteroatoms. The highest BCUT2D eigenvalue weighted by atomic mass is 32.1. The predicted octanol–water partition coefficient (Wildman–Crippen LogP) is 13.2. The lowest BCUT2D eigenvalue weighted by atomic mass is 9.84. The molecule has 2 aromatic heterocycles. The number of rotatable bonds is 2. The van der Waals surface area contributed by atoms with Crippen molar-refractivity contribution in [3.63, 3.8) is 0 Å². The Morgan fingerprint density at radius 2 is 0.864 bits per heavy atom. The Morgan fingerprint density at radius 1 is 0.341 bits per heavy atom. The molecule has 0 N–H and O–H groups in total. The Bertz CT molecular complexity index is 2720. The van der Waals surface area contributed by atoms with Gasteiger partial charge in [-0.3, -0.25) is 0 Å². The lowest BCUT2D eigenvalue weighted by Crippen LogP contribution is -1.91. The molecule has 0 nitrogen and oxygen atoms in total. The maximum absolute atomic E-state index is 2.49. The first-order valence-corrected chi connectivity index (χ1v) is 16.7. The lowest BCUT2D eigenvalue weighted by Gasteiger charge is -2.19. The molecule has 0 atom stereocenters. The SMILES string of the molecule is c1ccc2cc(-c3c4ccccc4c(-c4cc5sc6ccccc6c5c5sc6ccccc6c45)c4ccccc34)ccc2c1. The van der Waals surface area contributed by atoms with Gasteiger partial charge in [0.15, 0.2) is 0 Å². The second kappa shape index (κ2) is 9.24. The summed E-state index contributed by atoms with van der Waals surface area (Å²) >= 11 is 3.85. The average Bonchev–Trinajstić information content (AvgIpc) is 3.65. The maximum Gasteiger partial charge on any atom is 0.0454 e. The highest BCUT2D eigenvalue weighted by Gasteiger charge is 2.22. The molecule has 2 heterocycles. The van der Waals surface area contributed by atoms with Crippen molar-refractivity contribution in [2.75, 3.05) is 0 Å². The van der Waals surface area contributed by atoms with E-state index < -0.39 is 0 Å². The van der Waals surface area contributed by atoms with E-state index in [9.17, 15) is 0 Å². The minimum atomic E-state index is 1.26. The fraction of sp³-hybridized carbons (Fsp3) is 0. The molecular weight excluding hydrogens is 569 g/mol. The maximum atomic E-state index is 2.49. The van der Waals surface area contributed by atoms with Gasteiger partial charge in [0, 0.05) is 40.3 Å². The molecule has 0 aliphatic heterocycles. The van der Waals surface area contributed by atoms with Crippen LogP contribution in [-0.2, 0) is 0 Å². The van der Waals surface area contributed by atoms with Crippen LogP contribution in [0.4, 0.5) is 0 Å². The van der Waals surface area contributed by atoms with Crippen LogP contribution in [-0.4, -0.2) is 0 Å². The van der Waals surface area contributed by atoms with Gasteiger partial charge >= 0.3 is 0 Å². The predicted molar refractivity (Wildman–Crippen MR) is 196 cm³/mol. The zero-order valence-electron chi connectivity index (χ0n) is 23.7. The second-order valence-electron chi connectivity index (χ2n) is 11.6. The van der Waals surface area contributed by atoms with E-state index in [0.717, 1.165) is 0 Å². The Hall–Kier alpha value is -5.02. The van der Waals surface area contributed by atoms with Crippen LogP contribution in [0.2, 0.25) is 0 Å². The lowest BCUT2D eigenvalue weighted by molar-refractivity contribution is 1.69. The molecule has 0 saturated heterocycles. The Labute approximate surface area is 262 Å². The summed E-state index contributed by atoms with van der Waals surface area (Å²) in [6, 6.07) is 54.0. The van der Waals surface area contributed by atoms with Crippen LogP contribution in [0.15, 0.2) is 146 Å². The summed E-state index contributed by atoms with van der Waals surface area (Å²) in [6.45, 7) is 0. The van der Waals surface area contributed by atoms with Gasteiger partial charge in [-0.15, -0.1) is 22.7 Å². The van der Waals surface area contributed by atoms with E-state index in [1.165, 1.54) is 94.9 Å². The van der Waals surface area contributed by atoms with E-state index in [1.807, 2.05) is 22.7 Å². The highest BCUT2D eigenvalue weighted by Crippen LogP contribution is 2.52. The smallest absolute Gasteiger partial charge is 0.0454 e. The second-order valence-corrected chi connectivity index (χ2v) is 13.7. The van der Waals surface area contributed by atoms with E-state index in [4.69, 9.17) is 0 Å². The monoisotopic (exact) mass is 592 g/mol. The molecule has 0 bridgehead atoms. The molecule has 10 aromatic rings. The van der Waals surface area contributed by atoms with Crippen molar-refractivity contribution in [2.45, 2.75) is 0 Å². The van der Waals surface area contributed by atoms with E-state index in [2.05, 4.69) is 146 Å². The van der Waals surface area contributed by atoms with Crippen LogP contribution in [0.25, 0.3) is 94.9 Å². The number of fused-ring (bicyclic) bond motifs is 10. The van der Waals surface area contributed by atoms with Gasteiger partial charge in [-0.05, 0) is 78.8 Å². The quantitative estimate of drug-likeness (QED) is 0.175. The van der Waals surface area contributed by atoms with Crippen molar-refractivity contribution < 1.29 is 0 Å². The van der Waals surface area contributed by atoms with Gasteiger partial charge in [-0.25, -0.2) is 0 Å². The molecule has 44 heavy (non-hydrogen) atoms. The number of thiophene rings is 2. The van der Waals surface area contributed by atoms with E-state index in [0.29, 0.717) is 0 Å². The molecule has 0 fully saturated rings. The highest BCUT2D eigenvalue weighted by molar-refractivity contribution is 7.30. The van der Waals surface area contributed by atoms with Gasteiger partial charge in [0.1, 0.15) is 0 Å². The molecule has 204 valence electrons. The first-order valence-electron chi connectivity index (χ1n) is 15.0. The number of hydrogen-bond acceptors (Lipinski definition) is 2. The standard InChI is InChI=1S/C42H24S2/c1-2-12-26-23-27(22-21-25(26)11-1)38-28-13-3-5-15-30(28)39(31-16-6-4-14-29(31)38)34-24-37-41(33-18-8-9-19-35(33)43-37)42-40(34)32-17-7-10-20-36(32)44-42/h1-24H. The summed E-state index contributed by atoms with van der Waals surface area (Å²) in [6.07, 6.45) is 0. The van der Waals surface area contributed by atoms with Crippen molar-refractivity contribution in [1.29, 1.82) is 0 Å². The first kappa shape index (κ1) is 24.4. The van der Waals surface area contributed by atoms with Gasteiger partial charge in [-0.2, -0.15) is 0 Å². The Morgan fingerprint density at radius 3 is 1.55 bits per heavy atom. The zero-order valence-corrected chi connectivity index (χ0v) is 25.3. The van der Waals surface area contributed by atoms with Gasteiger partial charge in [0.2, 0.25) is 0 Å². The molecule has 0 aliphatic carbocycles. The summed E-state index contributed by atoms with van der Waals surface area (Å²) in [4.78, 5) is 0. The molecule has 0 spiro atoms. The summed E-state index contributed by atoms with van der Waals surface area (Å²) in [5.74, 6) is 0. The third kappa shape index (κ3) is 3.38. The zero-order chi connectivity index (χ0) is 28.8. The van der Waals surface area contributed by atoms with Crippen molar-refractivity contribution >= 4 is 95.3 Å². The molecule has 0 amide bonds. The van der Waals surface area contributed by atoms with Crippen LogP contribution in [0, 0.1) is 0 Å². The molecule has 8 aromatic carbocycles. The molecule has 0 radical (unpaired) electrons. The number of benzene rings is 8. The Balaban J connectivity index is 1.41. The summed E-state index contributed by atoms with van der Waals surface area (Å²) < 4.78 is 5.43. The van der Waals surface area contributed by atoms with Gasteiger partial charge in [0.05, 0.1) is 0 Å². The van der Waals surface area contributed by atoms with Crippen LogP contribution in [0.1, 0.15) is 0 Å². The topological polar surface area (TPSA) is 0 Å². The van der Waals surface area contributed by atoms with Crippen LogP contribution < -0.4 is 0 Å². The Kier molecular flexibility index (Phi) is 5.13. The van der Waals surface area contributed by atoms with Crippen LogP contribution in [0.5, 0.6) is 0 Å². The minimum absolute atomic E-state index is 1.26. The van der Waals surface area contributed by atoms with E-state index in [1.54, 1.807) is 0 Å². The normalized spacial score (nSPS) is 12.1. The summed E-state index contributed by atoms with van der Waals surface area (Å²) in [7, 11) is 0. The van der Waals surface area contributed by atoms with Gasteiger partial charge in [0.25, 0.3) is 0 Å². The number of hydrogen-bond donors (Lipinski definition) is 0. The van der Waals surface area contributed by atoms with Gasteiger partial charge < -0.3 is 0 Å². The molecular formula is C42H24S2. The summed E-state index contributed by atoms with van der Waals surface area (Å²) in [5, 5.41) is 13.2. The largest absolute Gasteiger partial charge is 0.135 e. The van der Waals surface area contributed by atoms with Crippen molar-refractivity contribution in [3.05, 3.63) is 146 Å². The third-order valence-corrected chi connectivity index (χ3v) is 11.5. The first-order chi connectivity index (χ1) is 21.8. The molecule has 0 aliphatic rings. The van der Waals surface area contributed by atoms with Crippen LogP contribution >= 0.6 is 22.7 Å².